The molecule has 0 atom stereocenters. The van der Waals surface area contributed by atoms with Crippen molar-refractivity contribution in [3.05, 3.63) is 122 Å². The summed E-state index contributed by atoms with van der Waals surface area (Å²) in [5, 5.41) is 5.88. The van der Waals surface area contributed by atoms with Gasteiger partial charge in [0.15, 0.2) is 5.76 Å². The number of fused-ring (bicyclic) bond motifs is 2. The third-order valence-corrected chi connectivity index (χ3v) is 6.98. The molecule has 6 aromatic rings. The number of amides is 1. The summed E-state index contributed by atoms with van der Waals surface area (Å²) in [5.41, 5.74) is 6.68. The van der Waals surface area contributed by atoms with E-state index in [-0.39, 0.29) is 17.3 Å². The molecule has 0 saturated heterocycles. The third kappa shape index (κ3) is 4.57. The van der Waals surface area contributed by atoms with Crippen LogP contribution in [0.3, 0.4) is 0 Å². The maximum atomic E-state index is 13.6. The number of nitrogens with one attached hydrogen (secondary N) is 1. The van der Waals surface area contributed by atoms with Crippen molar-refractivity contribution in [2.24, 2.45) is 5.10 Å². The number of carbonyl (C=O) groups excluding carboxylic acids is 1. The summed E-state index contributed by atoms with van der Waals surface area (Å²) in [6.45, 7) is 3.76. The highest BCUT2D eigenvalue weighted by Crippen LogP contribution is 2.29. The smallest absolute Gasteiger partial charge is 0.282 e. The van der Waals surface area contributed by atoms with Gasteiger partial charge in [-0.25, -0.2) is 4.98 Å². The van der Waals surface area contributed by atoms with Crippen LogP contribution in [0.2, 0.25) is 0 Å². The lowest BCUT2D eigenvalue weighted by atomic mass is 10.2. The van der Waals surface area contributed by atoms with Crippen LogP contribution in [-0.4, -0.2) is 26.5 Å². The molecule has 0 aliphatic rings. The fourth-order valence-electron chi connectivity index (χ4n) is 4.48. The van der Waals surface area contributed by atoms with Crippen molar-refractivity contribution >= 4 is 49.9 Å². The Kier molecular flexibility index (Phi) is 6.20. The Morgan fingerprint density at radius 2 is 1.77 bits per heavy atom. The number of hydrogen-bond acceptors (Lipinski definition) is 5. The van der Waals surface area contributed by atoms with Crippen molar-refractivity contribution in [1.82, 2.24) is 14.3 Å². The van der Waals surface area contributed by atoms with Crippen molar-refractivity contribution < 1.29 is 9.21 Å². The van der Waals surface area contributed by atoms with Gasteiger partial charge in [0.2, 0.25) is 5.82 Å². The molecule has 0 spiro atoms. The Hall–Kier alpha value is -4.76. The highest BCUT2D eigenvalue weighted by Gasteiger charge is 2.17. The van der Waals surface area contributed by atoms with Gasteiger partial charge in [-0.05, 0) is 68.4 Å². The van der Waals surface area contributed by atoms with E-state index in [1.165, 1.54) is 4.68 Å². The molecule has 3 heterocycles. The highest BCUT2D eigenvalue weighted by atomic mass is 79.9. The lowest BCUT2D eigenvalue weighted by Gasteiger charge is -2.11. The van der Waals surface area contributed by atoms with Crippen LogP contribution in [0.15, 0.2) is 104 Å². The molecule has 1 amide bonds. The monoisotopic (exact) mass is 579 g/mol. The van der Waals surface area contributed by atoms with Gasteiger partial charge < -0.3 is 4.42 Å². The Balaban J connectivity index is 1.43. The number of rotatable bonds is 5. The summed E-state index contributed by atoms with van der Waals surface area (Å²) in [6, 6.07) is 25.6. The van der Waals surface area contributed by atoms with Crippen LogP contribution >= 0.6 is 15.9 Å². The van der Waals surface area contributed by atoms with Gasteiger partial charge in [-0.3, -0.25) is 19.7 Å². The molecule has 8 nitrogen and oxygen atoms in total. The van der Waals surface area contributed by atoms with E-state index in [1.54, 1.807) is 41.2 Å². The van der Waals surface area contributed by atoms with Crippen LogP contribution in [0.25, 0.3) is 33.5 Å². The summed E-state index contributed by atoms with van der Waals surface area (Å²) in [6.07, 6.45) is 1.59. The lowest BCUT2D eigenvalue weighted by Crippen LogP contribution is -2.24. The Morgan fingerprint density at radius 3 is 2.59 bits per heavy atom. The first-order valence-electron chi connectivity index (χ1n) is 12.2. The number of benzene rings is 3. The van der Waals surface area contributed by atoms with Crippen LogP contribution in [0.1, 0.15) is 27.3 Å². The molecule has 0 aliphatic heterocycles. The van der Waals surface area contributed by atoms with E-state index in [0.29, 0.717) is 27.8 Å². The summed E-state index contributed by atoms with van der Waals surface area (Å²) >= 11 is 3.49. The SMILES string of the molecule is Cc1cc(C=Nn2c(-c3cc4cc(Br)ccc4o3)nc3ccccc3c2=O)c(C)n1NC(=O)c1ccccc1. The number of hydrogen-bond donors (Lipinski definition) is 1. The van der Waals surface area contributed by atoms with E-state index < -0.39 is 0 Å². The molecular weight excluding hydrogens is 558 g/mol. The van der Waals surface area contributed by atoms with E-state index in [4.69, 9.17) is 9.40 Å². The number of carbonyl (C=O) groups is 1. The first-order valence-corrected chi connectivity index (χ1v) is 13.0. The van der Waals surface area contributed by atoms with Gasteiger partial charge in [-0.1, -0.05) is 46.3 Å². The topological polar surface area (TPSA) is 94.4 Å². The second-order valence-electron chi connectivity index (χ2n) is 9.08. The van der Waals surface area contributed by atoms with Crippen LogP contribution in [0, 0.1) is 13.8 Å². The minimum Gasteiger partial charge on any atom is -0.453 e. The molecule has 1 N–H and O–H groups in total. The Labute approximate surface area is 231 Å². The van der Waals surface area contributed by atoms with E-state index >= 15 is 0 Å². The summed E-state index contributed by atoms with van der Waals surface area (Å²) in [5.74, 6) is 0.479. The fourth-order valence-corrected chi connectivity index (χ4v) is 4.86. The standard InChI is InChI=1S/C30H22BrN5O3/c1-18-14-22(19(2)35(18)34-29(37)20-8-4-3-5-9-20)17-32-36-28(33-25-11-7-6-10-24(25)30(36)38)27-16-21-15-23(31)12-13-26(21)39-27/h3-17H,1-2H3,(H,34,37). The van der Waals surface area contributed by atoms with Crippen molar-refractivity contribution in [1.29, 1.82) is 0 Å². The largest absolute Gasteiger partial charge is 0.453 e. The molecule has 0 saturated carbocycles. The van der Waals surface area contributed by atoms with E-state index in [0.717, 1.165) is 26.8 Å². The quantitative estimate of drug-likeness (QED) is 0.244. The molecule has 6 rings (SSSR count). The summed E-state index contributed by atoms with van der Waals surface area (Å²) in [7, 11) is 0. The van der Waals surface area contributed by atoms with Gasteiger partial charge in [0.1, 0.15) is 5.58 Å². The van der Waals surface area contributed by atoms with Crippen molar-refractivity contribution in [3.63, 3.8) is 0 Å². The number of aromatic nitrogens is 3. The molecule has 192 valence electrons. The van der Waals surface area contributed by atoms with Crippen LogP contribution in [-0.2, 0) is 0 Å². The second kappa shape index (κ2) is 9.85. The average Bonchev–Trinajstić information content (AvgIpc) is 3.48. The molecular formula is C30H22BrN5O3. The normalized spacial score (nSPS) is 11.6. The Bertz CT molecular complexity index is 1970. The van der Waals surface area contributed by atoms with Crippen molar-refractivity contribution in [3.8, 4) is 11.6 Å². The minimum atomic E-state index is -0.320. The van der Waals surface area contributed by atoms with Gasteiger partial charge in [-0.15, -0.1) is 0 Å². The molecule has 9 heteroatoms. The van der Waals surface area contributed by atoms with E-state index in [2.05, 4.69) is 26.5 Å². The highest BCUT2D eigenvalue weighted by molar-refractivity contribution is 9.10. The predicted molar refractivity (Wildman–Crippen MR) is 156 cm³/mol. The Morgan fingerprint density at radius 1 is 1.00 bits per heavy atom. The number of aryl methyl sites for hydroxylation is 1. The van der Waals surface area contributed by atoms with Crippen LogP contribution in [0.5, 0.6) is 0 Å². The summed E-state index contributed by atoms with van der Waals surface area (Å²) < 4.78 is 9.94. The van der Waals surface area contributed by atoms with E-state index in [9.17, 15) is 9.59 Å². The lowest BCUT2D eigenvalue weighted by molar-refractivity contribution is 0.101. The molecule has 0 radical (unpaired) electrons. The summed E-state index contributed by atoms with van der Waals surface area (Å²) in [4.78, 5) is 31.0. The number of furan rings is 1. The van der Waals surface area contributed by atoms with Gasteiger partial charge in [0.05, 0.1) is 17.1 Å². The molecule has 0 unspecified atom stereocenters. The van der Waals surface area contributed by atoms with Crippen molar-refractivity contribution in [2.75, 3.05) is 5.43 Å². The molecule has 0 fully saturated rings. The van der Waals surface area contributed by atoms with Crippen LogP contribution in [0.4, 0.5) is 0 Å². The first kappa shape index (κ1) is 24.6. The maximum absolute atomic E-state index is 13.6. The molecule has 0 bridgehead atoms. The number of para-hydroxylation sites is 1. The number of nitrogens with zero attached hydrogens (tertiary/aromatic N) is 4. The molecule has 0 aliphatic carbocycles. The van der Waals surface area contributed by atoms with Gasteiger partial charge >= 0.3 is 0 Å². The molecule has 3 aromatic heterocycles. The third-order valence-electron chi connectivity index (χ3n) is 6.48. The zero-order chi connectivity index (χ0) is 27.1. The second-order valence-corrected chi connectivity index (χ2v) is 9.99. The van der Waals surface area contributed by atoms with Gasteiger partial charge in [0, 0.05) is 32.4 Å². The van der Waals surface area contributed by atoms with Crippen molar-refractivity contribution in [2.45, 2.75) is 13.8 Å². The maximum Gasteiger partial charge on any atom is 0.282 e. The van der Waals surface area contributed by atoms with Gasteiger partial charge in [0.25, 0.3) is 11.5 Å². The minimum absolute atomic E-state index is 0.227. The zero-order valence-corrected chi connectivity index (χ0v) is 22.6. The zero-order valence-electron chi connectivity index (χ0n) is 21.1. The van der Waals surface area contributed by atoms with E-state index in [1.807, 2.05) is 68.4 Å². The fraction of sp³-hybridized carbons (Fsp3) is 0.0667. The molecule has 3 aromatic carbocycles. The first-order chi connectivity index (χ1) is 18.9. The molecule has 39 heavy (non-hydrogen) atoms. The van der Waals surface area contributed by atoms with Gasteiger partial charge in [-0.2, -0.15) is 9.78 Å². The van der Waals surface area contributed by atoms with Crippen LogP contribution < -0.4 is 11.0 Å². The average molecular weight is 580 g/mol. The predicted octanol–water partition coefficient (Wildman–Crippen LogP) is 6.26. The number of halogens is 1.